The minimum absolute atomic E-state index is 0.0259. The summed E-state index contributed by atoms with van der Waals surface area (Å²) in [6, 6.07) is 4.44. The van der Waals surface area contributed by atoms with Crippen molar-refractivity contribution in [3.05, 3.63) is 79.9 Å². The average molecular weight is 536 g/mol. The van der Waals surface area contributed by atoms with E-state index >= 15 is 0 Å². The zero-order chi connectivity index (χ0) is 27.6. The van der Waals surface area contributed by atoms with Crippen molar-refractivity contribution >= 4 is 33.7 Å². The number of rotatable bonds is 6. The number of hydrogen-bond acceptors (Lipinski definition) is 7. The molecule has 4 aromatic rings. The van der Waals surface area contributed by atoms with E-state index in [0.717, 1.165) is 37.8 Å². The van der Waals surface area contributed by atoms with Crippen molar-refractivity contribution in [3.63, 3.8) is 0 Å². The lowest BCUT2D eigenvalue weighted by atomic mass is 10.1. The molecule has 0 aliphatic heterocycles. The summed E-state index contributed by atoms with van der Waals surface area (Å²) in [7, 11) is 2.56. The second-order valence-electron chi connectivity index (χ2n) is 9.65. The summed E-state index contributed by atoms with van der Waals surface area (Å²) >= 11 is 0. The Morgan fingerprint density at radius 2 is 1.10 bits per heavy atom. The molecule has 2 aromatic carbocycles. The Morgan fingerprint density at radius 1 is 0.718 bits per heavy atom. The Labute approximate surface area is 219 Å². The van der Waals surface area contributed by atoms with Crippen LogP contribution < -0.4 is 20.3 Å². The van der Waals surface area contributed by atoms with Gasteiger partial charge < -0.3 is 23.3 Å². The van der Waals surface area contributed by atoms with Gasteiger partial charge in [0.05, 0.1) is 36.0 Å². The standard InChI is InChI=1S/C28H22F2N2O7/c1-37-25-19(29)9-7-15-21(25)31(13-3-4-13)11-17(23(15)33)27(35)39-28(36)18-12-32(14-5-6-14)22-16(24(18)34)8-10-20(30)26(22)38-2/h7-14H,3-6H2,1-2H3. The van der Waals surface area contributed by atoms with Gasteiger partial charge in [0.25, 0.3) is 0 Å². The van der Waals surface area contributed by atoms with E-state index in [4.69, 9.17) is 14.2 Å². The average Bonchev–Trinajstić information content (AvgIpc) is 3.83. The molecule has 0 radical (unpaired) electrons. The van der Waals surface area contributed by atoms with E-state index in [2.05, 4.69) is 0 Å². The van der Waals surface area contributed by atoms with Crippen LogP contribution in [0.25, 0.3) is 21.8 Å². The minimum Gasteiger partial charge on any atom is -0.492 e. The molecular formula is C28H22F2N2O7. The lowest BCUT2D eigenvalue weighted by Gasteiger charge is -2.16. The fourth-order valence-electron chi connectivity index (χ4n) is 4.94. The molecule has 9 nitrogen and oxygen atoms in total. The third-order valence-corrected chi connectivity index (χ3v) is 7.11. The number of hydrogen-bond donors (Lipinski definition) is 0. The number of halogens is 2. The quantitative estimate of drug-likeness (QED) is 0.268. The summed E-state index contributed by atoms with van der Waals surface area (Å²) < 4.78 is 47.4. The predicted octanol–water partition coefficient (Wildman–Crippen LogP) is 4.28. The van der Waals surface area contributed by atoms with Gasteiger partial charge in [-0.25, -0.2) is 18.4 Å². The third kappa shape index (κ3) is 3.96. The summed E-state index contributed by atoms with van der Waals surface area (Å²) in [6.45, 7) is 0. The zero-order valence-electron chi connectivity index (χ0n) is 21.0. The van der Waals surface area contributed by atoms with Crippen molar-refractivity contribution < 1.29 is 32.6 Å². The number of carbonyl (C=O) groups is 2. The van der Waals surface area contributed by atoms with E-state index in [1.807, 2.05) is 0 Å². The molecule has 0 unspecified atom stereocenters. The highest BCUT2D eigenvalue weighted by molar-refractivity contribution is 6.05. The normalized spacial score (nSPS) is 15.0. The van der Waals surface area contributed by atoms with Crippen LogP contribution in [0.3, 0.4) is 0 Å². The number of nitrogens with zero attached hydrogens (tertiary/aromatic N) is 2. The van der Waals surface area contributed by atoms with Crippen molar-refractivity contribution in [1.29, 1.82) is 0 Å². The van der Waals surface area contributed by atoms with Crippen LogP contribution in [0.5, 0.6) is 11.5 Å². The zero-order valence-corrected chi connectivity index (χ0v) is 21.0. The van der Waals surface area contributed by atoms with Crippen LogP contribution in [0.4, 0.5) is 8.78 Å². The number of carbonyl (C=O) groups excluding carboxylic acids is 2. The van der Waals surface area contributed by atoms with Crippen molar-refractivity contribution in [1.82, 2.24) is 9.13 Å². The summed E-state index contributed by atoms with van der Waals surface area (Å²) in [5.41, 5.74) is -2.02. The molecule has 39 heavy (non-hydrogen) atoms. The minimum atomic E-state index is -1.25. The van der Waals surface area contributed by atoms with Crippen LogP contribution >= 0.6 is 0 Å². The monoisotopic (exact) mass is 536 g/mol. The van der Waals surface area contributed by atoms with Gasteiger partial charge >= 0.3 is 11.9 Å². The molecule has 2 fully saturated rings. The lowest BCUT2D eigenvalue weighted by Crippen LogP contribution is -2.26. The molecule has 0 amide bonds. The van der Waals surface area contributed by atoms with Crippen molar-refractivity contribution in [2.24, 2.45) is 0 Å². The maximum atomic E-state index is 14.4. The Bertz CT molecular complexity index is 1700. The Hall–Kier alpha value is -4.54. The van der Waals surface area contributed by atoms with Crippen LogP contribution in [-0.4, -0.2) is 35.3 Å². The third-order valence-electron chi connectivity index (χ3n) is 7.11. The molecule has 0 spiro atoms. The van der Waals surface area contributed by atoms with E-state index in [1.54, 1.807) is 9.13 Å². The molecule has 0 atom stereocenters. The van der Waals surface area contributed by atoms with E-state index in [9.17, 15) is 28.0 Å². The molecule has 0 N–H and O–H groups in total. The van der Waals surface area contributed by atoms with Gasteiger partial charge in [0.15, 0.2) is 23.1 Å². The van der Waals surface area contributed by atoms with Gasteiger partial charge in [-0.3, -0.25) is 9.59 Å². The first-order valence-corrected chi connectivity index (χ1v) is 12.3. The molecule has 0 bridgehead atoms. The number of methoxy groups -OCH3 is 2. The van der Waals surface area contributed by atoms with Gasteiger partial charge in [0, 0.05) is 24.5 Å². The molecule has 0 saturated heterocycles. The molecule has 2 aliphatic carbocycles. The summed E-state index contributed by atoms with van der Waals surface area (Å²) in [5.74, 6) is -4.09. The van der Waals surface area contributed by atoms with Gasteiger partial charge in [-0.1, -0.05) is 0 Å². The van der Waals surface area contributed by atoms with Crippen molar-refractivity contribution in [3.8, 4) is 11.5 Å². The number of aromatic nitrogens is 2. The van der Waals surface area contributed by atoms with E-state index in [0.29, 0.717) is 0 Å². The smallest absolute Gasteiger partial charge is 0.351 e. The summed E-state index contributed by atoms with van der Waals surface area (Å²) in [6.07, 6.45) is 5.44. The van der Waals surface area contributed by atoms with Crippen LogP contribution in [-0.2, 0) is 4.74 Å². The lowest BCUT2D eigenvalue weighted by molar-refractivity contribution is 0.0395. The second-order valence-corrected chi connectivity index (χ2v) is 9.65. The Kier molecular flexibility index (Phi) is 5.74. The van der Waals surface area contributed by atoms with E-state index in [1.165, 1.54) is 38.7 Å². The molecular weight excluding hydrogens is 514 g/mol. The maximum absolute atomic E-state index is 14.4. The van der Waals surface area contributed by atoms with E-state index < -0.39 is 45.6 Å². The predicted molar refractivity (Wildman–Crippen MR) is 136 cm³/mol. The van der Waals surface area contributed by atoms with Gasteiger partial charge in [0.2, 0.25) is 10.9 Å². The largest absolute Gasteiger partial charge is 0.492 e. The number of esters is 2. The number of pyridine rings is 2. The van der Waals surface area contributed by atoms with Gasteiger partial charge in [-0.05, 0) is 49.9 Å². The highest BCUT2D eigenvalue weighted by Gasteiger charge is 2.32. The first-order chi connectivity index (χ1) is 18.7. The van der Waals surface area contributed by atoms with Gasteiger partial charge in [0.1, 0.15) is 11.1 Å². The first-order valence-electron chi connectivity index (χ1n) is 12.3. The van der Waals surface area contributed by atoms with Crippen LogP contribution in [0.1, 0.15) is 58.5 Å². The molecule has 200 valence electrons. The molecule has 2 aliphatic rings. The van der Waals surface area contributed by atoms with Gasteiger partial charge in [-0.2, -0.15) is 0 Å². The SMILES string of the molecule is COc1c(F)ccc2c(=O)c(C(=O)OC(=O)c3cn(C4CC4)c4c(OC)c(F)ccc4c3=O)cn(C3CC3)c12. The van der Waals surface area contributed by atoms with Gasteiger partial charge in [-0.15, -0.1) is 0 Å². The fraction of sp³-hybridized carbons (Fsp3) is 0.286. The highest BCUT2D eigenvalue weighted by Crippen LogP contribution is 2.41. The second kappa shape index (κ2) is 9.04. The molecule has 11 heteroatoms. The Balaban J connectivity index is 1.43. The summed E-state index contributed by atoms with van der Waals surface area (Å²) in [4.78, 5) is 52.7. The molecule has 2 heterocycles. The molecule has 2 aromatic heterocycles. The topological polar surface area (TPSA) is 106 Å². The number of fused-ring (bicyclic) bond motifs is 2. The van der Waals surface area contributed by atoms with Crippen molar-refractivity contribution in [2.75, 3.05) is 14.2 Å². The van der Waals surface area contributed by atoms with E-state index in [-0.39, 0.29) is 45.4 Å². The number of benzene rings is 2. The molecule has 6 rings (SSSR count). The van der Waals surface area contributed by atoms with Crippen molar-refractivity contribution in [2.45, 2.75) is 37.8 Å². The fourth-order valence-corrected chi connectivity index (χ4v) is 4.94. The maximum Gasteiger partial charge on any atom is 0.351 e. The van der Waals surface area contributed by atoms with Crippen LogP contribution in [0, 0.1) is 11.6 Å². The highest BCUT2D eigenvalue weighted by atomic mass is 19.1. The molecule has 2 saturated carbocycles. The summed E-state index contributed by atoms with van der Waals surface area (Å²) in [5, 5.41) is 0.0518. The number of ether oxygens (including phenoxy) is 3. The first kappa shape index (κ1) is 24.8. The van der Waals surface area contributed by atoms with Crippen LogP contribution in [0.2, 0.25) is 0 Å². The van der Waals surface area contributed by atoms with Crippen LogP contribution in [0.15, 0.2) is 46.2 Å². The Morgan fingerprint density at radius 3 is 1.44 bits per heavy atom.